The number of ether oxygens (including phenoxy) is 2. The van der Waals surface area contributed by atoms with Crippen molar-refractivity contribution in [1.82, 2.24) is 9.78 Å². The van der Waals surface area contributed by atoms with Gasteiger partial charge in [0.1, 0.15) is 4.88 Å². The van der Waals surface area contributed by atoms with Gasteiger partial charge in [0.05, 0.1) is 30.7 Å². The van der Waals surface area contributed by atoms with Crippen molar-refractivity contribution >= 4 is 17.3 Å². The molecule has 2 aromatic heterocycles. The third kappa shape index (κ3) is 2.41. The van der Waals surface area contributed by atoms with Crippen molar-refractivity contribution in [2.45, 2.75) is 33.1 Å². The molecule has 2 aromatic rings. The maximum absolute atomic E-state index is 12.2. The summed E-state index contributed by atoms with van der Waals surface area (Å²) in [7, 11) is 1.93. The van der Waals surface area contributed by atoms with E-state index >= 15 is 0 Å². The lowest BCUT2D eigenvalue weighted by Gasteiger charge is -2.16. The number of rotatable bonds is 5. The number of carbonyl (C=O) groups excluding carboxylic acids is 1. The number of thiophene rings is 1. The molecule has 0 aliphatic heterocycles. The molecule has 0 saturated carbocycles. The zero-order valence-corrected chi connectivity index (χ0v) is 14.0. The number of nitrogens with zero attached hydrogens (tertiary/aromatic N) is 2. The molecule has 0 atom stereocenters. The Morgan fingerprint density at radius 2 is 2.23 bits per heavy atom. The molecule has 22 heavy (non-hydrogen) atoms. The first-order valence-corrected chi connectivity index (χ1v) is 8.45. The normalized spacial score (nSPS) is 12.7. The third-order valence-electron chi connectivity index (χ3n) is 3.77. The van der Waals surface area contributed by atoms with Crippen LogP contribution in [-0.2, 0) is 24.6 Å². The zero-order valence-electron chi connectivity index (χ0n) is 13.1. The van der Waals surface area contributed by atoms with Crippen LogP contribution >= 0.6 is 11.3 Å². The van der Waals surface area contributed by atoms with Crippen LogP contribution in [0.2, 0.25) is 0 Å². The fourth-order valence-electron chi connectivity index (χ4n) is 2.83. The maximum atomic E-state index is 12.2. The summed E-state index contributed by atoms with van der Waals surface area (Å²) >= 11 is 1.40. The minimum absolute atomic E-state index is 0.249. The lowest BCUT2D eigenvalue weighted by atomic mass is 9.91. The lowest BCUT2D eigenvalue weighted by Crippen LogP contribution is -2.10. The summed E-state index contributed by atoms with van der Waals surface area (Å²) in [5.74, 6) is -0.249. The van der Waals surface area contributed by atoms with Crippen molar-refractivity contribution in [1.29, 1.82) is 0 Å². The quantitative estimate of drug-likeness (QED) is 0.794. The number of esters is 1. The van der Waals surface area contributed by atoms with Crippen molar-refractivity contribution in [3.05, 3.63) is 22.2 Å². The van der Waals surface area contributed by atoms with Crippen molar-refractivity contribution < 1.29 is 14.3 Å². The highest BCUT2D eigenvalue weighted by Gasteiger charge is 2.31. The summed E-state index contributed by atoms with van der Waals surface area (Å²) in [6.45, 7) is 4.92. The fourth-order valence-corrected chi connectivity index (χ4v) is 3.95. The van der Waals surface area contributed by atoms with E-state index in [1.165, 1.54) is 16.9 Å². The van der Waals surface area contributed by atoms with Gasteiger partial charge >= 0.3 is 5.97 Å². The van der Waals surface area contributed by atoms with E-state index in [2.05, 4.69) is 12.0 Å². The second kappa shape index (κ2) is 6.12. The Balaban J connectivity index is 2.13. The van der Waals surface area contributed by atoms with Gasteiger partial charge < -0.3 is 9.47 Å². The van der Waals surface area contributed by atoms with E-state index in [0.717, 1.165) is 41.1 Å². The van der Waals surface area contributed by atoms with E-state index in [0.29, 0.717) is 18.1 Å². The van der Waals surface area contributed by atoms with E-state index in [-0.39, 0.29) is 5.97 Å². The van der Waals surface area contributed by atoms with Gasteiger partial charge in [-0.25, -0.2) is 4.79 Å². The summed E-state index contributed by atoms with van der Waals surface area (Å²) in [4.78, 5) is 12.9. The summed E-state index contributed by atoms with van der Waals surface area (Å²) in [6, 6.07) is 0. The molecule has 0 aromatic carbocycles. The average molecular weight is 320 g/mol. The van der Waals surface area contributed by atoms with Gasteiger partial charge in [-0.15, -0.1) is 0 Å². The van der Waals surface area contributed by atoms with Gasteiger partial charge in [-0.1, -0.05) is 18.3 Å². The molecular formula is C16H20N2O3S. The summed E-state index contributed by atoms with van der Waals surface area (Å²) < 4.78 is 13.0. The second-order valence-corrected chi connectivity index (χ2v) is 6.27. The van der Waals surface area contributed by atoms with Crippen molar-refractivity contribution in [2.75, 3.05) is 13.2 Å². The first-order chi connectivity index (χ1) is 10.7. The first kappa shape index (κ1) is 15.1. The predicted molar refractivity (Wildman–Crippen MR) is 85.7 cm³/mol. The van der Waals surface area contributed by atoms with Gasteiger partial charge in [-0.05, 0) is 37.3 Å². The van der Waals surface area contributed by atoms with Crippen LogP contribution in [0.5, 0.6) is 5.06 Å². The van der Waals surface area contributed by atoms with Gasteiger partial charge in [0.25, 0.3) is 0 Å². The lowest BCUT2D eigenvalue weighted by molar-refractivity contribution is 0.0531. The van der Waals surface area contributed by atoms with Gasteiger partial charge in [0.2, 0.25) is 0 Å². The van der Waals surface area contributed by atoms with Crippen molar-refractivity contribution in [2.24, 2.45) is 7.05 Å². The van der Waals surface area contributed by atoms with E-state index in [1.54, 1.807) is 0 Å². The van der Waals surface area contributed by atoms with Crippen molar-refractivity contribution in [3.63, 3.8) is 0 Å². The molecule has 0 fully saturated rings. The Bertz CT molecular complexity index is 703. The smallest absolute Gasteiger partial charge is 0.348 e. The van der Waals surface area contributed by atoms with Gasteiger partial charge in [-0.2, -0.15) is 5.10 Å². The fraction of sp³-hybridized carbons (Fsp3) is 0.500. The number of aromatic nitrogens is 2. The van der Waals surface area contributed by atoms with Crippen molar-refractivity contribution in [3.8, 4) is 16.3 Å². The largest absolute Gasteiger partial charge is 0.483 e. The molecule has 1 aliphatic rings. The van der Waals surface area contributed by atoms with Crippen LogP contribution in [0.15, 0.2) is 6.20 Å². The van der Waals surface area contributed by atoms with E-state index in [4.69, 9.17) is 9.47 Å². The van der Waals surface area contributed by atoms with Gasteiger partial charge in [-0.3, -0.25) is 4.68 Å². The van der Waals surface area contributed by atoms with Crippen LogP contribution in [0.25, 0.3) is 11.3 Å². The average Bonchev–Trinajstić information content (AvgIpc) is 3.06. The predicted octanol–water partition coefficient (Wildman–Crippen LogP) is 3.21. The summed E-state index contributed by atoms with van der Waals surface area (Å²) in [6.07, 6.45) is 4.56. The SMILES string of the molecule is CCCOc1sc(C(=O)OCC)c2c1-c1c(cnn1C)CC2. The van der Waals surface area contributed by atoms with Gasteiger partial charge in [0.15, 0.2) is 5.06 Å². The molecule has 0 spiro atoms. The van der Waals surface area contributed by atoms with Gasteiger partial charge in [0, 0.05) is 7.05 Å². The summed E-state index contributed by atoms with van der Waals surface area (Å²) in [5.41, 5.74) is 4.36. The second-order valence-electron chi connectivity index (χ2n) is 5.28. The highest BCUT2D eigenvalue weighted by atomic mass is 32.1. The molecule has 118 valence electrons. The molecule has 0 radical (unpaired) electrons. The highest BCUT2D eigenvalue weighted by molar-refractivity contribution is 7.16. The van der Waals surface area contributed by atoms with E-state index in [9.17, 15) is 4.79 Å². The van der Waals surface area contributed by atoms with Crippen LogP contribution in [0, 0.1) is 0 Å². The molecule has 0 bridgehead atoms. The number of hydrogen-bond donors (Lipinski definition) is 0. The Morgan fingerprint density at radius 3 is 2.95 bits per heavy atom. The molecule has 0 amide bonds. The highest BCUT2D eigenvalue weighted by Crippen LogP contribution is 2.47. The molecule has 1 aliphatic carbocycles. The molecular weight excluding hydrogens is 300 g/mol. The third-order valence-corrected chi connectivity index (χ3v) is 4.89. The zero-order chi connectivity index (χ0) is 15.7. The Labute approximate surface area is 133 Å². The topological polar surface area (TPSA) is 53.4 Å². The molecule has 5 nitrogen and oxygen atoms in total. The van der Waals surface area contributed by atoms with Crippen LogP contribution in [0.1, 0.15) is 41.1 Å². The number of fused-ring (bicyclic) bond motifs is 3. The number of hydrogen-bond acceptors (Lipinski definition) is 5. The van der Waals surface area contributed by atoms with Crippen LogP contribution in [0.3, 0.4) is 0 Å². The molecule has 6 heteroatoms. The molecule has 2 heterocycles. The monoisotopic (exact) mass is 320 g/mol. The Kier molecular flexibility index (Phi) is 4.20. The molecule has 0 saturated heterocycles. The standard InChI is InChI=1S/C16H20N2O3S/c1-4-8-21-16-12-11(14(22-16)15(19)20-5-2)7-6-10-9-17-18(3)13(10)12/h9H,4-8H2,1-3H3. The first-order valence-electron chi connectivity index (χ1n) is 7.64. The maximum Gasteiger partial charge on any atom is 0.348 e. The van der Waals surface area contributed by atoms with Crippen LogP contribution in [0.4, 0.5) is 0 Å². The summed E-state index contributed by atoms with van der Waals surface area (Å²) in [5, 5.41) is 5.17. The number of carbonyl (C=O) groups is 1. The Hall–Kier alpha value is -1.82. The number of aryl methyl sites for hydroxylation is 2. The molecule has 0 N–H and O–H groups in total. The van der Waals surface area contributed by atoms with Crippen LogP contribution < -0.4 is 4.74 Å². The molecule has 3 rings (SSSR count). The minimum atomic E-state index is -0.249. The minimum Gasteiger partial charge on any atom is -0.483 e. The molecule has 0 unspecified atom stereocenters. The van der Waals surface area contributed by atoms with E-state index < -0.39 is 0 Å². The Morgan fingerprint density at radius 1 is 1.41 bits per heavy atom. The van der Waals surface area contributed by atoms with E-state index in [1.807, 2.05) is 24.9 Å². The van der Waals surface area contributed by atoms with Crippen LogP contribution in [-0.4, -0.2) is 29.0 Å².